The first kappa shape index (κ1) is 23.6. The second-order valence-corrected chi connectivity index (χ2v) is 8.79. The fourth-order valence-electron chi connectivity index (χ4n) is 4.10. The number of rotatable bonds is 9. The third-order valence-electron chi connectivity index (χ3n) is 5.50. The van der Waals surface area contributed by atoms with Gasteiger partial charge in [-0.3, -0.25) is 4.98 Å². The fraction of sp³-hybridized carbons (Fsp3) is 0.542. The molecule has 0 spiro atoms. The van der Waals surface area contributed by atoms with Gasteiger partial charge in [0, 0.05) is 36.6 Å². The zero-order valence-corrected chi connectivity index (χ0v) is 19.3. The molecule has 2 aromatic rings. The molecule has 1 saturated heterocycles. The average Bonchev–Trinajstić information content (AvgIpc) is 2.74. The molecule has 1 aromatic heterocycles. The maximum atomic E-state index is 10.1. The Balaban J connectivity index is 1.81. The molecule has 6 nitrogen and oxygen atoms in total. The first-order valence-corrected chi connectivity index (χ1v) is 11.1. The van der Waals surface area contributed by atoms with E-state index in [1.807, 2.05) is 24.4 Å². The lowest BCUT2D eigenvalue weighted by Crippen LogP contribution is -2.46. The number of aromatic nitrogens is 1. The van der Waals surface area contributed by atoms with Crippen molar-refractivity contribution >= 4 is 7.12 Å². The molecule has 3 rings (SSSR count). The summed E-state index contributed by atoms with van der Waals surface area (Å²) in [4.78, 5) is 4.44. The van der Waals surface area contributed by atoms with Crippen LogP contribution in [0.1, 0.15) is 52.0 Å². The molecule has 0 radical (unpaired) electrons. The molecular weight excluding hydrogens is 393 g/mol. The number of nitrogens with zero attached hydrogens (tertiary/aromatic N) is 1. The summed E-state index contributed by atoms with van der Waals surface area (Å²) in [7, 11) is 1.29. The molecule has 0 saturated carbocycles. The second kappa shape index (κ2) is 10.5. The van der Waals surface area contributed by atoms with Crippen LogP contribution in [0.25, 0.3) is 11.1 Å². The molecule has 1 N–H and O–H groups in total. The Hall–Kier alpha value is -2.09. The average molecular weight is 427 g/mol. The van der Waals surface area contributed by atoms with Crippen LogP contribution in [0.15, 0.2) is 36.7 Å². The molecule has 0 bridgehead atoms. The minimum atomic E-state index is -0.352. The highest BCUT2D eigenvalue weighted by Crippen LogP contribution is 2.35. The summed E-state index contributed by atoms with van der Waals surface area (Å²) in [5.74, 6) is 1.29. The maximum Gasteiger partial charge on any atom is 0.458 e. The summed E-state index contributed by atoms with van der Waals surface area (Å²) in [6.45, 7) is 8.92. The van der Waals surface area contributed by atoms with E-state index >= 15 is 0 Å². The largest absolute Gasteiger partial charge is 0.493 e. The summed E-state index contributed by atoms with van der Waals surface area (Å²) < 4.78 is 23.4. The number of methoxy groups -OCH3 is 1. The standard InChI is InChI=1S/C24H34BNO5/c1-6-9-29-23-11-18(7-8-22(23)28-5)19-10-20(15-26-14-19)21(16-27)13-25-30-17(2)12-24(3,4)31-25/h7-8,10-11,14-15,17,21,27H,6,9,12-13,16H2,1-5H3/t17-,21?/m1/s1. The van der Waals surface area contributed by atoms with Gasteiger partial charge in [0.1, 0.15) is 0 Å². The monoisotopic (exact) mass is 427 g/mol. The first-order chi connectivity index (χ1) is 14.8. The van der Waals surface area contributed by atoms with E-state index in [-0.39, 0.29) is 31.3 Å². The highest BCUT2D eigenvalue weighted by Gasteiger charge is 2.38. The molecule has 0 aliphatic carbocycles. The number of benzene rings is 1. The van der Waals surface area contributed by atoms with E-state index in [4.69, 9.17) is 18.8 Å². The molecule has 7 heteroatoms. The topological polar surface area (TPSA) is 70.0 Å². The smallest absolute Gasteiger partial charge is 0.458 e. The van der Waals surface area contributed by atoms with Gasteiger partial charge in [0.05, 0.1) is 19.3 Å². The van der Waals surface area contributed by atoms with Gasteiger partial charge in [-0.05, 0) is 69.3 Å². The van der Waals surface area contributed by atoms with Crippen molar-refractivity contribution in [1.82, 2.24) is 4.98 Å². The fourth-order valence-corrected chi connectivity index (χ4v) is 4.10. The van der Waals surface area contributed by atoms with Crippen LogP contribution in [0, 0.1) is 0 Å². The van der Waals surface area contributed by atoms with Crippen molar-refractivity contribution in [3.8, 4) is 22.6 Å². The molecule has 1 aliphatic heterocycles. The highest BCUT2D eigenvalue weighted by atomic mass is 16.6. The van der Waals surface area contributed by atoms with E-state index in [0.717, 1.165) is 29.5 Å². The molecule has 1 fully saturated rings. The molecular formula is C24H34BNO5. The van der Waals surface area contributed by atoms with Crippen molar-refractivity contribution in [2.45, 2.75) is 64.5 Å². The molecule has 2 atom stereocenters. The molecule has 1 aliphatic rings. The number of aliphatic hydroxyl groups excluding tert-OH is 1. The van der Waals surface area contributed by atoms with Crippen LogP contribution in [-0.2, 0) is 9.31 Å². The molecule has 0 amide bonds. The van der Waals surface area contributed by atoms with E-state index in [1.54, 1.807) is 13.3 Å². The zero-order chi connectivity index (χ0) is 22.4. The summed E-state index contributed by atoms with van der Waals surface area (Å²) in [5, 5.41) is 10.1. The third kappa shape index (κ3) is 6.22. The van der Waals surface area contributed by atoms with Gasteiger partial charge in [0.2, 0.25) is 0 Å². The van der Waals surface area contributed by atoms with E-state index < -0.39 is 0 Å². The van der Waals surface area contributed by atoms with Crippen molar-refractivity contribution in [1.29, 1.82) is 0 Å². The number of aliphatic hydroxyl groups is 1. The predicted octanol–water partition coefficient (Wildman–Crippen LogP) is 4.71. The Kier molecular flexibility index (Phi) is 7.97. The lowest BCUT2D eigenvalue weighted by Gasteiger charge is -2.39. The predicted molar refractivity (Wildman–Crippen MR) is 123 cm³/mol. The molecule has 31 heavy (non-hydrogen) atoms. The Labute approximate surface area is 186 Å². The Morgan fingerprint density at radius 1 is 1.23 bits per heavy atom. The van der Waals surface area contributed by atoms with Crippen LogP contribution in [0.2, 0.25) is 6.32 Å². The van der Waals surface area contributed by atoms with Gasteiger partial charge in [-0.1, -0.05) is 13.0 Å². The Morgan fingerprint density at radius 3 is 2.71 bits per heavy atom. The van der Waals surface area contributed by atoms with E-state index in [9.17, 15) is 5.11 Å². The minimum Gasteiger partial charge on any atom is -0.493 e. The zero-order valence-electron chi connectivity index (χ0n) is 19.3. The SMILES string of the molecule is CCCOc1cc(-c2cncc(C(CO)CB3O[C@H](C)CC(C)(C)O3)c2)ccc1OC. The van der Waals surface area contributed by atoms with Crippen LogP contribution in [-0.4, -0.2) is 49.2 Å². The van der Waals surface area contributed by atoms with Crippen molar-refractivity contribution in [3.63, 3.8) is 0 Å². The van der Waals surface area contributed by atoms with Gasteiger partial charge in [-0.25, -0.2) is 0 Å². The van der Waals surface area contributed by atoms with E-state index in [1.165, 1.54) is 0 Å². The highest BCUT2D eigenvalue weighted by molar-refractivity contribution is 6.45. The van der Waals surface area contributed by atoms with Gasteiger partial charge in [-0.2, -0.15) is 0 Å². The Morgan fingerprint density at radius 2 is 2.03 bits per heavy atom. The number of hydrogen-bond acceptors (Lipinski definition) is 6. The van der Waals surface area contributed by atoms with Gasteiger partial charge in [0.15, 0.2) is 11.5 Å². The third-order valence-corrected chi connectivity index (χ3v) is 5.50. The summed E-state index contributed by atoms with van der Waals surface area (Å²) in [5.41, 5.74) is 2.66. The normalized spacial score (nSPS) is 19.2. The van der Waals surface area contributed by atoms with Crippen LogP contribution in [0.4, 0.5) is 0 Å². The molecule has 2 heterocycles. The number of hydrogen-bond donors (Lipinski definition) is 1. The molecule has 1 aromatic carbocycles. The molecule has 168 valence electrons. The minimum absolute atomic E-state index is 0.00334. The van der Waals surface area contributed by atoms with Crippen molar-refractivity contribution < 1.29 is 23.9 Å². The van der Waals surface area contributed by atoms with E-state index in [2.05, 4.69) is 38.7 Å². The van der Waals surface area contributed by atoms with Crippen molar-refractivity contribution in [3.05, 3.63) is 42.2 Å². The quantitative estimate of drug-likeness (QED) is 0.585. The van der Waals surface area contributed by atoms with Crippen LogP contribution in [0.5, 0.6) is 11.5 Å². The summed E-state index contributed by atoms with van der Waals surface area (Å²) in [6.07, 6.45) is 6.09. The van der Waals surface area contributed by atoms with Crippen LogP contribution < -0.4 is 9.47 Å². The van der Waals surface area contributed by atoms with Gasteiger partial charge < -0.3 is 23.9 Å². The van der Waals surface area contributed by atoms with Crippen LogP contribution >= 0.6 is 0 Å². The van der Waals surface area contributed by atoms with Crippen LogP contribution in [0.3, 0.4) is 0 Å². The lowest BCUT2D eigenvalue weighted by molar-refractivity contribution is -0.0297. The Bertz CT molecular complexity index is 860. The number of pyridine rings is 1. The maximum absolute atomic E-state index is 10.1. The second-order valence-electron chi connectivity index (χ2n) is 8.79. The molecule has 1 unspecified atom stereocenters. The summed E-state index contributed by atoms with van der Waals surface area (Å²) in [6, 6.07) is 7.94. The summed E-state index contributed by atoms with van der Waals surface area (Å²) >= 11 is 0. The van der Waals surface area contributed by atoms with Crippen molar-refractivity contribution in [2.75, 3.05) is 20.3 Å². The van der Waals surface area contributed by atoms with Gasteiger partial charge in [-0.15, -0.1) is 0 Å². The van der Waals surface area contributed by atoms with Crippen molar-refractivity contribution in [2.24, 2.45) is 0 Å². The first-order valence-electron chi connectivity index (χ1n) is 11.1. The van der Waals surface area contributed by atoms with Gasteiger partial charge in [0.25, 0.3) is 0 Å². The van der Waals surface area contributed by atoms with E-state index in [0.29, 0.717) is 24.4 Å². The number of ether oxygens (including phenoxy) is 2. The lowest BCUT2D eigenvalue weighted by atomic mass is 9.72. The van der Waals surface area contributed by atoms with Gasteiger partial charge >= 0.3 is 7.12 Å².